The van der Waals surface area contributed by atoms with E-state index in [4.69, 9.17) is 0 Å². The zero-order valence-electron chi connectivity index (χ0n) is 7.67. The molecule has 1 N–H and O–H groups in total. The van der Waals surface area contributed by atoms with E-state index in [1.54, 1.807) is 0 Å². The van der Waals surface area contributed by atoms with Crippen LogP contribution in [0.25, 0.3) is 0 Å². The number of allylic oxidation sites excluding steroid dienone is 1. The molecule has 0 radical (unpaired) electrons. The van der Waals surface area contributed by atoms with Crippen LogP contribution in [0.3, 0.4) is 0 Å². The fourth-order valence-corrected chi connectivity index (χ4v) is 1.50. The van der Waals surface area contributed by atoms with Gasteiger partial charge in [0.25, 0.3) is 0 Å². The lowest BCUT2D eigenvalue weighted by atomic mass is 9.77. The molecule has 0 heterocycles. The van der Waals surface area contributed by atoms with Gasteiger partial charge in [0.05, 0.1) is 6.10 Å². The van der Waals surface area contributed by atoms with Gasteiger partial charge in [-0.1, -0.05) is 26.0 Å². The quantitative estimate of drug-likeness (QED) is 0.575. The van der Waals surface area contributed by atoms with Crippen molar-refractivity contribution in [1.29, 1.82) is 0 Å². The average Bonchev–Trinajstić information content (AvgIpc) is 1.86. The lowest BCUT2D eigenvalue weighted by Crippen LogP contribution is -2.22. The molecule has 0 saturated heterocycles. The maximum absolute atomic E-state index is 9.30. The van der Waals surface area contributed by atoms with Crippen LogP contribution in [0.4, 0.5) is 0 Å². The zero-order valence-corrected chi connectivity index (χ0v) is 7.67. The van der Waals surface area contributed by atoms with Crippen molar-refractivity contribution in [3.63, 3.8) is 0 Å². The largest absolute Gasteiger partial charge is 0.393 e. The molecule has 0 aliphatic heterocycles. The Hall–Kier alpha value is -0.300. The molecule has 0 spiro atoms. The van der Waals surface area contributed by atoms with Gasteiger partial charge in [-0.25, -0.2) is 0 Å². The minimum absolute atomic E-state index is 0.178. The van der Waals surface area contributed by atoms with Gasteiger partial charge in [0.2, 0.25) is 0 Å². The molecule has 1 nitrogen and oxygen atoms in total. The Labute approximate surface area is 69.1 Å². The van der Waals surface area contributed by atoms with E-state index < -0.39 is 0 Å². The van der Waals surface area contributed by atoms with Crippen LogP contribution in [0.1, 0.15) is 33.6 Å². The monoisotopic (exact) mass is 154 g/mol. The number of aliphatic hydroxyl groups excluding tert-OH is 1. The topological polar surface area (TPSA) is 20.2 Å². The van der Waals surface area contributed by atoms with Crippen LogP contribution in [-0.4, -0.2) is 11.2 Å². The van der Waals surface area contributed by atoms with Crippen molar-refractivity contribution in [2.45, 2.75) is 39.7 Å². The molecule has 2 atom stereocenters. The maximum atomic E-state index is 9.30. The van der Waals surface area contributed by atoms with E-state index in [1.807, 2.05) is 6.92 Å². The molecule has 1 aliphatic rings. The second-order valence-corrected chi connectivity index (χ2v) is 4.29. The summed E-state index contributed by atoms with van der Waals surface area (Å²) in [6.45, 7) is 6.34. The minimum atomic E-state index is -0.178. The molecule has 0 aromatic heterocycles. The molecule has 1 rings (SSSR count). The summed E-state index contributed by atoms with van der Waals surface area (Å²) in [7, 11) is 0. The second kappa shape index (κ2) is 2.98. The third kappa shape index (κ3) is 2.33. The van der Waals surface area contributed by atoms with E-state index in [-0.39, 0.29) is 6.10 Å². The van der Waals surface area contributed by atoms with Gasteiger partial charge < -0.3 is 5.11 Å². The van der Waals surface area contributed by atoms with Crippen molar-refractivity contribution in [2.24, 2.45) is 11.3 Å². The van der Waals surface area contributed by atoms with Crippen molar-refractivity contribution in [2.75, 3.05) is 0 Å². The number of aliphatic hydroxyl groups is 1. The van der Waals surface area contributed by atoms with Crippen LogP contribution >= 0.6 is 0 Å². The van der Waals surface area contributed by atoms with E-state index in [1.165, 1.54) is 6.42 Å². The molecule has 1 heteroatoms. The Kier molecular flexibility index (Phi) is 2.38. The number of hydrogen-bond acceptors (Lipinski definition) is 1. The molecule has 1 aliphatic carbocycles. The molecule has 0 saturated carbocycles. The summed E-state index contributed by atoms with van der Waals surface area (Å²) in [5.74, 6) is 0.392. The van der Waals surface area contributed by atoms with E-state index in [0.29, 0.717) is 11.3 Å². The third-order valence-electron chi connectivity index (χ3n) is 2.54. The summed E-state index contributed by atoms with van der Waals surface area (Å²) in [6, 6.07) is 0. The Morgan fingerprint density at radius 3 is 2.55 bits per heavy atom. The molecular formula is C10H18O. The predicted octanol–water partition coefficient (Wildman–Crippen LogP) is 2.36. The van der Waals surface area contributed by atoms with E-state index >= 15 is 0 Å². The lowest BCUT2D eigenvalue weighted by Gasteiger charge is -2.29. The van der Waals surface area contributed by atoms with Gasteiger partial charge >= 0.3 is 0 Å². The molecule has 0 amide bonds. The summed E-state index contributed by atoms with van der Waals surface area (Å²) in [4.78, 5) is 0. The summed E-state index contributed by atoms with van der Waals surface area (Å²) in [5, 5.41) is 9.30. The first-order chi connectivity index (χ1) is 5.01. The van der Waals surface area contributed by atoms with Gasteiger partial charge in [0, 0.05) is 5.92 Å². The smallest absolute Gasteiger partial charge is 0.0574 e. The summed E-state index contributed by atoms with van der Waals surface area (Å²) in [6.07, 6.45) is 6.53. The van der Waals surface area contributed by atoms with Crippen molar-refractivity contribution in [3.05, 3.63) is 12.2 Å². The highest BCUT2D eigenvalue weighted by atomic mass is 16.3. The predicted molar refractivity (Wildman–Crippen MR) is 47.3 cm³/mol. The van der Waals surface area contributed by atoms with Crippen molar-refractivity contribution >= 4 is 0 Å². The van der Waals surface area contributed by atoms with Crippen LogP contribution < -0.4 is 0 Å². The molecule has 2 unspecified atom stereocenters. The van der Waals surface area contributed by atoms with Crippen LogP contribution in [0.5, 0.6) is 0 Å². The van der Waals surface area contributed by atoms with E-state index in [9.17, 15) is 5.11 Å². The second-order valence-electron chi connectivity index (χ2n) is 4.29. The Morgan fingerprint density at radius 1 is 1.55 bits per heavy atom. The van der Waals surface area contributed by atoms with Crippen LogP contribution in [-0.2, 0) is 0 Å². The standard InChI is InChI=1S/C10H18O/c1-8(11)9-4-6-10(2,3)7-5-9/h4,6,8-9,11H,5,7H2,1-3H3. The molecule has 0 aromatic rings. The Bertz CT molecular complexity index is 156. The first-order valence-corrected chi connectivity index (χ1v) is 4.39. The van der Waals surface area contributed by atoms with Gasteiger partial charge in [-0.15, -0.1) is 0 Å². The summed E-state index contributed by atoms with van der Waals surface area (Å²) < 4.78 is 0. The van der Waals surface area contributed by atoms with Crippen molar-refractivity contribution in [1.82, 2.24) is 0 Å². The van der Waals surface area contributed by atoms with Crippen molar-refractivity contribution < 1.29 is 5.11 Å². The van der Waals surface area contributed by atoms with Gasteiger partial charge in [0.15, 0.2) is 0 Å². The van der Waals surface area contributed by atoms with Crippen LogP contribution in [0.15, 0.2) is 12.2 Å². The van der Waals surface area contributed by atoms with Gasteiger partial charge in [0.1, 0.15) is 0 Å². The summed E-state index contributed by atoms with van der Waals surface area (Å²) in [5.41, 5.74) is 0.353. The highest BCUT2D eigenvalue weighted by molar-refractivity contribution is 5.03. The fraction of sp³-hybridized carbons (Fsp3) is 0.800. The number of hydrogen-bond donors (Lipinski definition) is 1. The Balaban J connectivity index is 2.56. The zero-order chi connectivity index (χ0) is 8.48. The highest BCUT2D eigenvalue weighted by Crippen LogP contribution is 2.33. The maximum Gasteiger partial charge on any atom is 0.0574 e. The highest BCUT2D eigenvalue weighted by Gasteiger charge is 2.23. The van der Waals surface area contributed by atoms with E-state index in [0.717, 1.165) is 6.42 Å². The normalized spacial score (nSPS) is 31.8. The third-order valence-corrected chi connectivity index (χ3v) is 2.54. The number of rotatable bonds is 1. The minimum Gasteiger partial charge on any atom is -0.393 e. The molecule has 0 bridgehead atoms. The van der Waals surface area contributed by atoms with Crippen molar-refractivity contribution in [3.8, 4) is 0 Å². The SMILES string of the molecule is CC(O)C1C=CC(C)(C)CC1. The lowest BCUT2D eigenvalue weighted by molar-refractivity contribution is 0.132. The van der Waals surface area contributed by atoms with E-state index in [2.05, 4.69) is 26.0 Å². The van der Waals surface area contributed by atoms with Gasteiger partial charge in [-0.05, 0) is 25.2 Å². The first-order valence-electron chi connectivity index (χ1n) is 4.39. The van der Waals surface area contributed by atoms with Crippen LogP contribution in [0.2, 0.25) is 0 Å². The average molecular weight is 154 g/mol. The van der Waals surface area contributed by atoms with Gasteiger partial charge in [-0.2, -0.15) is 0 Å². The van der Waals surface area contributed by atoms with Gasteiger partial charge in [-0.3, -0.25) is 0 Å². The summed E-state index contributed by atoms with van der Waals surface area (Å²) >= 11 is 0. The van der Waals surface area contributed by atoms with Crippen LogP contribution in [0, 0.1) is 11.3 Å². The molecular weight excluding hydrogens is 136 g/mol. The fourth-order valence-electron chi connectivity index (χ4n) is 1.50. The first kappa shape index (κ1) is 8.79. The molecule has 64 valence electrons. The Morgan fingerprint density at radius 2 is 2.18 bits per heavy atom. The molecule has 0 fully saturated rings. The molecule has 11 heavy (non-hydrogen) atoms. The molecule has 0 aromatic carbocycles.